The van der Waals surface area contributed by atoms with E-state index in [0.717, 1.165) is 77.0 Å². The van der Waals surface area contributed by atoms with Crippen molar-refractivity contribution in [2.24, 2.45) is 0 Å². The summed E-state index contributed by atoms with van der Waals surface area (Å²) in [5, 5.41) is 63.2. The van der Waals surface area contributed by atoms with E-state index in [1.54, 1.807) is 0 Å². The average molecular weight is 1240 g/mol. The van der Waals surface area contributed by atoms with Gasteiger partial charge in [-0.15, -0.1) is 0 Å². The van der Waals surface area contributed by atoms with Crippen LogP contribution in [0.1, 0.15) is 394 Å². The molecule has 0 aliphatic carbocycles. The van der Waals surface area contributed by atoms with Crippen molar-refractivity contribution in [2.75, 3.05) is 0 Å². The normalized spacial score (nSPS) is 14.4. The number of hydrogen-bond acceptors (Lipinski definition) is 12. The third-order valence-electron chi connectivity index (χ3n) is 17.5. The van der Waals surface area contributed by atoms with Crippen LogP contribution < -0.4 is 0 Å². The molecule has 86 heavy (non-hydrogen) atoms. The summed E-state index contributed by atoms with van der Waals surface area (Å²) in [6.45, 7) is 10.3. The zero-order chi connectivity index (χ0) is 64.2. The van der Waals surface area contributed by atoms with Gasteiger partial charge in [0.05, 0.1) is 0 Å². The highest BCUT2D eigenvalue weighted by molar-refractivity contribution is 6.20. The molecule has 0 aromatic carbocycles. The van der Waals surface area contributed by atoms with Gasteiger partial charge in [0.15, 0.2) is 40.9 Å². The fraction of sp³-hybridized carbons (Fsp3) is 0.932. The number of Topliss-reactive ketones (excluding diaryl/α,β-unsaturated/α-hetero) is 4. The van der Waals surface area contributed by atoms with Crippen LogP contribution in [0, 0.1) is 0 Å². The predicted molar refractivity (Wildman–Crippen MR) is 358 cm³/mol. The van der Waals surface area contributed by atoms with Crippen LogP contribution in [0.15, 0.2) is 0 Å². The monoisotopic (exact) mass is 1240 g/mol. The molecule has 0 spiro atoms. The number of carbonyl (C=O) groups is 5. The van der Waals surface area contributed by atoms with E-state index in [9.17, 15) is 54.6 Å². The Morgan fingerprint density at radius 3 is 0.640 bits per heavy atom. The van der Waals surface area contributed by atoms with Crippen LogP contribution >= 0.6 is 11.6 Å². The zero-order valence-corrected chi connectivity index (χ0v) is 57.3. The van der Waals surface area contributed by atoms with E-state index in [1.165, 1.54) is 238 Å². The molecule has 0 radical (unpaired) electrons. The van der Waals surface area contributed by atoms with Gasteiger partial charge in [-0.05, 0) is 32.6 Å². The van der Waals surface area contributed by atoms with Crippen LogP contribution in [-0.2, 0) is 28.7 Å². The Bertz CT molecular complexity index is 1450. The van der Waals surface area contributed by atoms with E-state index in [2.05, 4.69) is 27.7 Å². The van der Waals surface area contributed by atoms with Gasteiger partial charge in [0.1, 0.15) is 18.3 Å². The summed E-state index contributed by atoms with van der Waals surface area (Å²) in [4.78, 5) is 62.9. The Morgan fingerprint density at radius 2 is 0.465 bits per heavy atom. The molecule has 0 aromatic heterocycles. The molecule has 0 aliphatic rings. The van der Waals surface area contributed by atoms with Crippen LogP contribution in [0.4, 0.5) is 0 Å². The van der Waals surface area contributed by atoms with Crippen LogP contribution in [0.25, 0.3) is 0 Å². The van der Waals surface area contributed by atoms with Gasteiger partial charge >= 0.3 is 5.97 Å². The van der Waals surface area contributed by atoms with Crippen LogP contribution in [0.2, 0.25) is 0 Å². The maximum atomic E-state index is 12.8. The van der Waals surface area contributed by atoms with Crippen molar-refractivity contribution in [1.82, 2.24) is 0 Å². The molecule has 5 atom stereocenters. The van der Waals surface area contributed by atoms with Gasteiger partial charge in [-0.2, -0.15) is 0 Å². The average Bonchev–Trinajstić information content (AvgIpc) is 1.10. The number of ketones is 4. The summed E-state index contributed by atoms with van der Waals surface area (Å²) in [5.41, 5.74) is -4.30. The molecule has 0 amide bonds. The Labute approximate surface area is 533 Å². The molecule has 6 N–H and O–H groups in total. The first kappa shape index (κ1) is 86.3. The summed E-state index contributed by atoms with van der Waals surface area (Å²) in [7, 11) is 0. The summed E-state index contributed by atoms with van der Waals surface area (Å²) in [6, 6.07) is 0. The molecule has 0 saturated heterocycles. The van der Waals surface area contributed by atoms with Gasteiger partial charge in [0.25, 0.3) is 0 Å². The van der Waals surface area contributed by atoms with E-state index < -0.39 is 70.8 Å². The van der Waals surface area contributed by atoms with Crippen molar-refractivity contribution in [1.29, 1.82) is 0 Å². The van der Waals surface area contributed by atoms with Crippen molar-refractivity contribution in [3.8, 4) is 0 Å². The van der Waals surface area contributed by atoms with Gasteiger partial charge in [0, 0.05) is 25.7 Å². The number of alkyl halides is 1. The number of ether oxygens (including phenoxy) is 1. The third kappa shape index (κ3) is 49.9. The number of esters is 1. The molecule has 13 heteroatoms. The minimum Gasteiger partial charge on any atom is -0.444 e. The number of halogens is 1. The molecule has 0 aromatic rings. The fourth-order valence-electron chi connectivity index (χ4n) is 11.5. The Balaban J connectivity index is 0. The SMILES string of the molecule is CCCCCCCCCCCCCCCC(=O)C(O)C(O)(C(=O)OC(C)Cl)C(O)C(=O)CCCCCCCCCCCCCCC.CCCCCCCCCCCCCCCC(=O)C(O)C(O)C(O)C(=O)CCCCCCCCCCCCCCC. The predicted octanol–water partition coefficient (Wildman–Crippen LogP) is 18.8. The highest BCUT2D eigenvalue weighted by Gasteiger charge is 2.56. The summed E-state index contributed by atoms with van der Waals surface area (Å²) < 4.78 is 4.85. The fourth-order valence-corrected chi connectivity index (χ4v) is 11.6. The maximum Gasteiger partial charge on any atom is 0.346 e. The number of aliphatic hydroxyl groups excluding tert-OH is 5. The third-order valence-corrected chi connectivity index (χ3v) is 17.5. The second kappa shape index (κ2) is 63.4. The maximum absolute atomic E-state index is 12.8. The molecule has 510 valence electrons. The van der Waals surface area contributed by atoms with Crippen LogP contribution in [0.5, 0.6) is 0 Å². The molecular weight excluding hydrogens is 1100 g/mol. The molecule has 12 nitrogen and oxygen atoms in total. The van der Waals surface area contributed by atoms with Crippen molar-refractivity contribution in [3.05, 3.63) is 0 Å². The molecule has 0 heterocycles. The highest BCUT2D eigenvalue weighted by atomic mass is 35.5. The Kier molecular flexibility index (Phi) is 63.5. The lowest BCUT2D eigenvalue weighted by Gasteiger charge is -2.33. The van der Waals surface area contributed by atoms with Crippen LogP contribution in [-0.4, -0.2) is 101 Å². The number of carbonyl (C=O) groups excluding carboxylic acids is 5. The van der Waals surface area contributed by atoms with Gasteiger partial charge in [-0.25, -0.2) is 4.79 Å². The Morgan fingerprint density at radius 1 is 0.302 bits per heavy atom. The number of aliphatic hydroxyl groups is 6. The number of rotatable bonds is 66. The highest BCUT2D eigenvalue weighted by Crippen LogP contribution is 2.26. The second-order valence-electron chi connectivity index (χ2n) is 25.8. The van der Waals surface area contributed by atoms with Crippen molar-refractivity contribution in [2.45, 2.75) is 436 Å². The van der Waals surface area contributed by atoms with E-state index in [-0.39, 0.29) is 25.7 Å². The molecule has 0 fully saturated rings. The Hall–Kier alpha value is -1.80. The lowest BCUT2D eigenvalue weighted by Crippen LogP contribution is -2.63. The quantitative estimate of drug-likeness (QED) is 0.0191. The summed E-state index contributed by atoms with van der Waals surface area (Å²) in [6.07, 6.45) is 51.5. The van der Waals surface area contributed by atoms with Crippen molar-refractivity contribution >= 4 is 40.7 Å². The summed E-state index contributed by atoms with van der Waals surface area (Å²) >= 11 is 5.76. The minimum absolute atomic E-state index is 0.0787. The van der Waals surface area contributed by atoms with Gasteiger partial charge < -0.3 is 35.4 Å². The van der Waals surface area contributed by atoms with Crippen molar-refractivity contribution in [3.63, 3.8) is 0 Å². The van der Waals surface area contributed by atoms with Crippen LogP contribution in [0.3, 0.4) is 0 Å². The summed E-state index contributed by atoms with van der Waals surface area (Å²) in [5.74, 6) is -4.06. The molecule has 0 rings (SSSR count). The first-order chi connectivity index (χ1) is 41.6. The molecule has 0 bridgehead atoms. The second-order valence-corrected chi connectivity index (χ2v) is 26.4. The largest absolute Gasteiger partial charge is 0.444 e. The standard InChI is InChI=1S/C38H71ClO7.C35H68O5/c1-4-6-8-10-12-14-16-18-20-22-24-26-28-30-33(40)35(42)38(45,37(44)46-32(3)39)36(43)34(41)31-29-27-25-23-21-19-17-15-13-11-9-7-5-2;1-3-5-7-9-11-13-15-17-19-21-23-25-27-29-31(36)33(38)35(40)34(39)32(37)30-28-26-24-22-20-18-16-14-12-10-8-6-4-2/h32,35-36,42-43,45H,4-31H2,1-3H3;33-35,38-40H,3-30H2,1-2H3. The topological polar surface area (TPSA) is 216 Å². The van der Waals surface area contributed by atoms with E-state index in [0.29, 0.717) is 25.7 Å². The zero-order valence-electron chi connectivity index (χ0n) is 56.6. The first-order valence-corrected chi connectivity index (χ1v) is 37.1. The smallest absolute Gasteiger partial charge is 0.346 e. The number of hydrogen-bond donors (Lipinski definition) is 6. The van der Waals surface area contributed by atoms with Gasteiger partial charge in [0.2, 0.25) is 5.60 Å². The lowest BCUT2D eigenvalue weighted by atomic mass is 9.83. The molecule has 0 saturated carbocycles. The minimum atomic E-state index is -3.11. The molecule has 5 unspecified atom stereocenters. The van der Waals surface area contributed by atoms with Crippen molar-refractivity contribution < 1.29 is 59.3 Å². The van der Waals surface area contributed by atoms with Gasteiger partial charge in [-0.1, -0.05) is 347 Å². The first-order valence-electron chi connectivity index (χ1n) is 36.7. The number of unbranched alkanes of at least 4 members (excludes halogenated alkanes) is 48. The van der Waals surface area contributed by atoms with E-state index in [4.69, 9.17) is 16.3 Å². The molecular formula is C73H139ClO12. The van der Waals surface area contributed by atoms with E-state index >= 15 is 0 Å². The van der Waals surface area contributed by atoms with Gasteiger partial charge in [-0.3, -0.25) is 19.2 Å². The lowest BCUT2D eigenvalue weighted by molar-refractivity contribution is -0.201. The van der Waals surface area contributed by atoms with E-state index in [1.807, 2.05) is 0 Å². The molecule has 0 aliphatic heterocycles.